The summed E-state index contributed by atoms with van der Waals surface area (Å²) in [5.41, 5.74) is 0. The van der Waals surface area contributed by atoms with Crippen LogP contribution in [0.1, 0.15) is 6.92 Å². The maximum Gasteiger partial charge on any atom is 0.252 e. The van der Waals surface area contributed by atoms with Gasteiger partial charge in [-0.2, -0.15) is 4.31 Å². The van der Waals surface area contributed by atoms with Gasteiger partial charge in [-0.1, -0.05) is 0 Å². The molecule has 1 aromatic rings. The molecule has 1 heterocycles. The molecule has 0 N–H and O–H groups in total. The maximum atomic E-state index is 12.1. The molecule has 1 aromatic heterocycles. The van der Waals surface area contributed by atoms with Gasteiger partial charge in [-0.05, 0) is 35.0 Å². The molecule has 0 saturated heterocycles. The molecule has 0 spiro atoms. The Morgan fingerprint density at radius 2 is 2.19 bits per heavy atom. The third-order valence-electron chi connectivity index (χ3n) is 2.21. The van der Waals surface area contributed by atoms with Gasteiger partial charge in [0.05, 0.1) is 10.4 Å². The molecular formula is C9H14BrNO3S2. The van der Waals surface area contributed by atoms with Crippen LogP contribution < -0.4 is 0 Å². The van der Waals surface area contributed by atoms with Crippen molar-refractivity contribution in [2.45, 2.75) is 17.2 Å². The zero-order chi connectivity index (χ0) is 12.3. The average Bonchev–Trinajstić information content (AvgIpc) is 2.64. The van der Waals surface area contributed by atoms with Gasteiger partial charge in [0.15, 0.2) is 0 Å². The van der Waals surface area contributed by atoms with Crippen LogP contribution in [0, 0.1) is 0 Å². The van der Waals surface area contributed by atoms with Crippen molar-refractivity contribution in [3.63, 3.8) is 0 Å². The largest absolute Gasteiger partial charge is 0.383 e. The molecule has 7 heteroatoms. The SMILES string of the molecule is COCC(C)N(C)S(=O)(=O)c1ccc(Br)s1. The van der Waals surface area contributed by atoms with E-state index in [9.17, 15) is 8.42 Å². The number of methoxy groups -OCH3 is 1. The third kappa shape index (κ3) is 3.04. The Labute approximate surface area is 108 Å². The number of rotatable bonds is 5. The van der Waals surface area contributed by atoms with Crippen molar-refractivity contribution < 1.29 is 13.2 Å². The van der Waals surface area contributed by atoms with E-state index in [2.05, 4.69) is 15.9 Å². The normalized spacial score (nSPS) is 14.3. The Morgan fingerprint density at radius 3 is 2.62 bits per heavy atom. The van der Waals surface area contributed by atoms with E-state index in [0.29, 0.717) is 10.8 Å². The molecule has 0 aliphatic rings. The van der Waals surface area contributed by atoms with Crippen molar-refractivity contribution in [2.24, 2.45) is 0 Å². The fraction of sp³-hybridized carbons (Fsp3) is 0.556. The second kappa shape index (κ2) is 5.59. The zero-order valence-electron chi connectivity index (χ0n) is 9.31. The molecular weight excluding hydrogens is 314 g/mol. The van der Waals surface area contributed by atoms with Crippen LogP contribution in [0.15, 0.2) is 20.1 Å². The fourth-order valence-electron chi connectivity index (χ4n) is 1.16. The lowest BCUT2D eigenvalue weighted by Crippen LogP contribution is -2.37. The molecule has 4 nitrogen and oxygen atoms in total. The van der Waals surface area contributed by atoms with Gasteiger partial charge in [-0.3, -0.25) is 0 Å². The number of sulfonamides is 1. The minimum Gasteiger partial charge on any atom is -0.383 e. The summed E-state index contributed by atoms with van der Waals surface area (Å²) >= 11 is 4.46. The lowest BCUT2D eigenvalue weighted by Gasteiger charge is -2.22. The van der Waals surface area contributed by atoms with Gasteiger partial charge in [0, 0.05) is 20.2 Å². The van der Waals surface area contributed by atoms with Crippen molar-refractivity contribution in [3.05, 3.63) is 15.9 Å². The van der Waals surface area contributed by atoms with E-state index in [1.165, 1.54) is 15.6 Å². The Balaban J connectivity index is 2.94. The summed E-state index contributed by atoms with van der Waals surface area (Å²) in [7, 11) is -0.281. The zero-order valence-corrected chi connectivity index (χ0v) is 12.5. The number of nitrogens with zero attached hydrogens (tertiary/aromatic N) is 1. The van der Waals surface area contributed by atoms with Gasteiger partial charge in [0.25, 0.3) is 10.0 Å². The summed E-state index contributed by atoms with van der Waals surface area (Å²) in [6.45, 7) is 2.19. The highest BCUT2D eigenvalue weighted by atomic mass is 79.9. The van der Waals surface area contributed by atoms with Crippen LogP contribution in [-0.2, 0) is 14.8 Å². The quantitative estimate of drug-likeness (QED) is 0.832. The fourth-order valence-corrected chi connectivity index (χ4v) is 4.70. The standard InChI is InChI=1S/C9H14BrNO3S2/c1-7(6-14-3)11(2)16(12,13)9-5-4-8(10)15-9/h4-5,7H,6H2,1-3H3. The van der Waals surface area contributed by atoms with Gasteiger partial charge in [-0.25, -0.2) is 8.42 Å². The minimum atomic E-state index is -3.40. The summed E-state index contributed by atoms with van der Waals surface area (Å²) in [4.78, 5) is 0. The maximum absolute atomic E-state index is 12.1. The number of hydrogen-bond acceptors (Lipinski definition) is 4. The summed E-state index contributed by atoms with van der Waals surface area (Å²) in [5.74, 6) is 0. The third-order valence-corrected chi connectivity index (χ3v) is 6.27. The first-order valence-electron chi connectivity index (χ1n) is 4.62. The van der Waals surface area contributed by atoms with E-state index in [-0.39, 0.29) is 6.04 Å². The number of halogens is 1. The second-order valence-corrected chi connectivity index (χ2v) is 8.07. The van der Waals surface area contributed by atoms with E-state index in [4.69, 9.17) is 4.74 Å². The lowest BCUT2D eigenvalue weighted by atomic mass is 10.4. The molecule has 1 atom stereocenters. The molecule has 1 rings (SSSR count). The second-order valence-electron chi connectivity index (χ2n) is 3.38. The molecule has 0 amide bonds. The van der Waals surface area contributed by atoms with Gasteiger partial charge in [0.2, 0.25) is 0 Å². The van der Waals surface area contributed by atoms with Crippen molar-refractivity contribution in [1.82, 2.24) is 4.31 Å². The number of likely N-dealkylation sites (N-methyl/N-ethyl adjacent to an activating group) is 1. The Kier molecular flexibility index (Phi) is 4.93. The average molecular weight is 328 g/mol. The van der Waals surface area contributed by atoms with Crippen molar-refractivity contribution in [2.75, 3.05) is 20.8 Å². The smallest absolute Gasteiger partial charge is 0.252 e. The Morgan fingerprint density at radius 1 is 1.56 bits per heavy atom. The highest BCUT2D eigenvalue weighted by Crippen LogP contribution is 2.28. The summed E-state index contributed by atoms with van der Waals surface area (Å²) in [6, 6.07) is 3.14. The molecule has 16 heavy (non-hydrogen) atoms. The molecule has 92 valence electrons. The van der Waals surface area contributed by atoms with Crippen LogP contribution in [0.5, 0.6) is 0 Å². The van der Waals surface area contributed by atoms with Gasteiger partial charge in [-0.15, -0.1) is 11.3 Å². The summed E-state index contributed by atoms with van der Waals surface area (Å²) in [5, 5.41) is 0. The first-order chi connectivity index (χ1) is 7.39. The summed E-state index contributed by atoms with van der Waals surface area (Å²) in [6.07, 6.45) is 0. The highest BCUT2D eigenvalue weighted by Gasteiger charge is 2.26. The van der Waals surface area contributed by atoms with Gasteiger partial charge < -0.3 is 4.74 Å². The molecule has 0 bridgehead atoms. The molecule has 0 saturated carbocycles. The molecule has 0 radical (unpaired) electrons. The summed E-state index contributed by atoms with van der Waals surface area (Å²) < 4.78 is 31.7. The predicted molar refractivity (Wildman–Crippen MR) is 68.3 cm³/mol. The molecule has 0 aliphatic heterocycles. The Bertz CT molecular complexity index is 443. The van der Waals surface area contributed by atoms with E-state index >= 15 is 0 Å². The van der Waals surface area contributed by atoms with Crippen LogP contribution >= 0.6 is 27.3 Å². The van der Waals surface area contributed by atoms with Gasteiger partial charge in [0.1, 0.15) is 4.21 Å². The Hall–Kier alpha value is 0.0500. The number of hydrogen-bond donors (Lipinski definition) is 0. The monoisotopic (exact) mass is 327 g/mol. The van der Waals surface area contributed by atoms with Crippen molar-refractivity contribution in [3.8, 4) is 0 Å². The first-order valence-corrected chi connectivity index (χ1v) is 7.67. The lowest BCUT2D eigenvalue weighted by molar-refractivity contribution is 0.149. The van der Waals surface area contributed by atoms with Crippen LogP contribution in [0.4, 0.5) is 0 Å². The van der Waals surface area contributed by atoms with E-state index < -0.39 is 10.0 Å². The number of ether oxygens (including phenoxy) is 1. The molecule has 0 aromatic carbocycles. The molecule has 0 aliphatic carbocycles. The topological polar surface area (TPSA) is 46.6 Å². The van der Waals surface area contributed by atoms with Crippen molar-refractivity contribution >= 4 is 37.3 Å². The predicted octanol–water partition coefficient (Wildman–Crippen LogP) is 2.17. The van der Waals surface area contributed by atoms with Crippen LogP contribution in [-0.4, -0.2) is 39.5 Å². The van der Waals surface area contributed by atoms with E-state index in [1.54, 1.807) is 26.3 Å². The van der Waals surface area contributed by atoms with Crippen LogP contribution in [0.25, 0.3) is 0 Å². The first kappa shape index (κ1) is 14.1. The van der Waals surface area contributed by atoms with Crippen LogP contribution in [0.3, 0.4) is 0 Å². The van der Waals surface area contributed by atoms with E-state index in [1.807, 2.05) is 6.92 Å². The molecule has 0 fully saturated rings. The highest BCUT2D eigenvalue weighted by molar-refractivity contribution is 9.11. The van der Waals surface area contributed by atoms with Crippen molar-refractivity contribution in [1.29, 1.82) is 0 Å². The van der Waals surface area contributed by atoms with Gasteiger partial charge >= 0.3 is 0 Å². The number of thiophene rings is 1. The molecule has 1 unspecified atom stereocenters. The minimum absolute atomic E-state index is 0.184. The van der Waals surface area contributed by atoms with E-state index in [0.717, 1.165) is 3.79 Å². The van der Waals surface area contributed by atoms with Crippen LogP contribution in [0.2, 0.25) is 0 Å².